The highest BCUT2D eigenvalue weighted by Crippen LogP contribution is 2.20. The van der Waals surface area contributed by atoms with Crippen LogP contribution in [0.3, 0.4) is 0 Å². The predicted molar refractivity (Wildman–Crippen MR) is 77.5 cm³/mol. The van der Waals surface area contributed by atoms with Gasteiger partial charge in [-0.15, -0.1) is 0 Å². The van der Waals surface area contributed by atoms with Gasteiger partial charge in [0.25, 0.3) is 0 Å². The standard InChI is InChI=1S/C17H19F2N/c1-2-20-17(14-6-4-3-5-7-14)11-9-13-8-10-15(18)12-16(13)19/h3-8,10,12,17,20H,2,9,11H2,1H3. The molecule has 1 unspecified atom stereocenters. The third-order valence-corrected chi connectivity index (χ3v) is 3.37. The van der Waals surface area contributed by atoms with Crippen LogP contribution in [0.1, 0.15) is 30.5 Å². The minimum atomic E-state index is -0.530. The molecular formula is C17H19F2N. The van der Waals surface area contributed by atoms with Crippen molar-refractivity contribution >= 4 is 0 Å². The van der Waals surface area contributed by atoms with Crippen LogP contribution in [0.2, 0.25) is 0 Å². The fourth-order valence-electron chi connectivity index (χ4n) is 2.34. The van der Waals surface area contributed by atoms with E-state index in [1.54, 1.807) is 0 Å². The zero-order valence-electron chi connectivity index (χ0n) is 11.6. The van der Waals surface area contributed by atoms with Crippen LogP contribution in [0.5, 0.6) is 0 Å². The third-order valence-electron chi connectivity index (χ3n) is 3.37. The number of rotatable bonds is 6. The van der Waals surface area contributed by atoms with Crippen LogP contribution in [-0.2, 0) is 6.42 Å². The summed E-state index contributed by atoms with van der Waals surface area (Å²) in [5, 5.41) is 3.40. The molecule has 1 N–H and O–H groups in total. The van der Waals surface area contributed by atoms with E-state index in [0.29, 0.717) is 12.0 Å². The first-order chi connectivity index (χ1) is 9.70. The Labute approximate surface area is 118 Å². The lowest BCUT2D eigenvalue weighted by atomic mass is 9.98. The molecule has 0 aliphatic heterocycles. The molecule has 0 aliphatic rings. The summed E-state index contributed by atoms with van der Waals surface area (Å²) in [5.74, 6) is -0.995. The summed E-state index contributed by atoms with van der Waals surface area (Å²) in [6, 6.07) is 14.1. The van der Waals surface area contributed by atoms with Crippen molar-refractivity contribution in [2.45, 2.75) is 25.8 Å². The quantitative estimate of drug-likeness (QED) is 0.831. The van der Waals surface area contributed by atoms with Crippen molar-refractivity contribution < 1.29 is 8.78 Å². The second kappa shape index (κ2) is 7.15. The molecule has 0 amide bonds. The van der Waals surface area contributed by atoms with Crippen molar-refractivity contribution in [1.29, 1.82) is 0 Å². The molecule has 0 aromatic heterocycles. The number of benzene rings is 2. The van der Waals surface area contributed by atoms with Gasteiger partial charge in [-0.3, -0.25) is 0 Å². The van der Waals surface area contributed by atoms with Gasteiger partial charge in [0.15, 0.2) is 0 Å². The Morgan fingerprint density at radius 2 is 1.80 bits per heavy atom. The maximum absolute atomic E-state index is 13.6. The minimum absolute atomic E-state index is 0.186. The maximum Gasteiger partial charge on any atom is 0.129 e. The second-order valence-corrected chi connectivity index (χ2v) is 4.80. The molecule has 20 heavy (non-hydrogen) atoms. The summed E-state index contributed by atoms with van der Waals surface area (Å²) in [6.45, 7) is 2.90. The third kappa shape index (κ3) is 3.87. The van der Waals surface area contributed by atoms with Gasteiger partial charge in [0, 0.05) is 12.1 Å². The van der Waals surface area contributed by atoms with E-state index in [4.69, 9.17) is 0 Å². The van der Waals surface area contributed by atoms with E-state index in [-0.39, 0.29) is 6.04 Å². The average molecular weight is 275 g/mol. The summed E-state index contributed by atoms with van der Waals surface area (Å²) in [5.41, 5.74) is 1.75. The lowest BCUT2D eigenvalue weighted by molar-refractivity contribution is 0.504. The first-order valence-corrected chi connectivity index (χ1v) is 6.93. The first kappa shape index (κ1) is 14.7. The van der Waals surface area contributed by atoms with Crippen molar-refractivity contribution in [2.75, 3.05) is 6.54 Å². The number of aryl methyl sites for hydroxylation is 1. The molecule has 2 aromatic carbocycles. The average Bonchev–Trinajstić information content (AvgIpc) is 2.46. The number of hydrogen-bond donors (Lipinski definition) is 1. The number of hydrogen-bond acceptors (Lipinski definition) is 1. The smallest absolute Gasteiger partial charge is 0.129 e. The summed E-state index contributed by atoms with van der Waals surface area (Å²) < 4.78 is 26.5. The zero-order chi connectivity index (χ0) is 14.4. The van der Waals surface area contributed by atoms with Crippen LogP contribution in [0.25, 0.3) is 0 Å². The number of halogens is 2. The second-order valence-electron chi connectivity index (χ2n) is 4.80. The molecule has 2 aromatic rings. The molecule has 1 atom stereocenters. The topological polar surface area (TPSA) is 12.0 Å². The van der Waals surface area contributed by atoms with Gasteiger partial charge in [0.05, 0.1) is 0 Å². The van der Waals surface area contributed by atoms with Crippen molar-refractivity contribution in [2.24, 2.45) is 0 Å². The molecule has 1 nitrogen and oxygen atoms in total. The molecule has 0 heterocycles. The van der Waals surface area contributed by atoms with Crippen molar-refractivity contribution in [1.82, 2.24) is 5.32 Å². The lowest BCUT2D eigenvalue weighted by Crippen LogP contribution is -2.21. The summed E-state index contributed by atoms with van der Waals surface area (Å²) in [6.07, 6.45) is 1.36. The minimum Gasteiger partial charge on any atom is -0.310 e. The van der Waals surface area contributed by atoms with E-state index in [1.807, 2.05) is 18.2 Å². The Kier molecular flexibility index (Phi) is 5.24. The van der Waals surface area contributed by atoms with E-state index in [1.165, 1.54) is 17.7 Å². The van der Waals surface area contributed by atoms with Crippen molar-refractivity contribution in [3.63, 3.8) is 0 Å². The first-order valence-electron chi connectivity index (χ1n) is 6.93. The molecule has 0 saturated heterocycles. The van der Waals surface area contributed by atoms with E-state index < -0.39 is 11.6 Å². The molecule has 0 fully saturated rings. The van der Waals surface area contributed by atoms with Gasteiger partial charge >= 0.3 is 0 Å². The molecule has 0 saturated carbocycles. The fourth-order valence-corrected chi connectivity index (χ4v) is 2.34. The monoisotopic (exact) mass is 275 g/mol. The molecule has 0 aliphatic carbocycles. The van der Waals surface area contributed by atoms with Crippen LogP contribution in [0.4, 0.5) is 8.78 Å². The van der Waals surface area contributed by atoms with Gasteiger partial charge in [-0.05, 0) is 36.6 Å². The van der Waals surface area contributed by atoms with Gasteiger partial charge in [-0.1, -0.05) is 43.3 Å². The SMILES string of the molecule is CCNC(CCc1ccc(F)cc1F)c1ccccc1. The molecule has 3 heteroatoms. The Hall–Kier alpha value is -1.74. The highest BCUT2D eigenvalue weighted by molar-refractivity contribution is 5.22. The van der Waals surface area contributed by atoms with Crippen LogP contribution in [0, 0.1) is 11.6 Å². The van der Waals surface area contributed by atoms with Crippen LogP contribution in [0.15, 0.2) is 48.5 Å². The molecule has 2 rings (SSSR count). The van der Waals surface area contributed by atoms with Gasteiger partial charge in [0.2, 0.25) is 0 Å². The van der Waals surface area contributed by atoms with Crippen molar-refractivity contribution in [3.8, 4) is 0 Å². The Morgan fingerprint density at radius 1 is 1.05 bits per heavy atom. The van der Waals surface area contributed by atoms with Gasteiger partial charge in [0.1, 0.15) is 11.6 Å². The Morgan fingerprint density at radius 3 is 2.45 bits per heavy atom. The van der Waals surface area contributed by atoms with Crippen LogP contribution >= 0.6 is 0 Å². The van der Waals surface area contributed by atoms with E-state index >= 15 is 0 Å². The fraction of sp³-hybridized carbons (Fsp3) is 0.294. The maximum atomic E-state index is 13.6. The summed E-state index contributed by atoms with van der Waals surface area (Å²) >= 11 is 0. The highest BCUT2D eigenvalue weighted by Gasteiger charge is 2.11. The van der Waals surface area contributed by atoms with E-state index in [9.17, 15) is 8.78 Å². The normalized spacial score (nSPS) is 12.3. The van der Waals surface area contributed by atoms with Gasteiger partial charge in [-0.25, -0.2) is 8.78 Å². The van der Waals surface area contributed by atoms with Crippen LogP contribution < -0.4 is 5.32 Å². The van der Waals surface area contributed by atoms with E-state index in [0.717, 1.165) is 19.0 Å². The molecular weight excluding hydrogens is 256 g/mol. The molecule has 106 valence electrons. The van der Waals surface area contributed by atoms with E-state index in [2.05, 4.69) is 24.4 Å². The number of nitrogens with one attached hydrogen (secondary N) is 1. The predicted octanol–water partition coefficient (Wildman–Crippen LogP) is 4.25. The summed E-state index contributed by atoms with van der Waals surface area (Å²) in [4.78, 5) is 0. The lowest BCUT2D eigenvalue weighted by Gasteiger charge is -2.18. The Bertz CT molecular complexity index is 540. The van der Waals surface area contributed by atoms with Crippen LogP contribution in [-0.4, -0.2) is 6.54 Å². The van der Waals surface area contributed by atoms with Crippen molar-refractivity contribution in [3.05, 3.63) is 71.3 Å². The van der Waals surface area contributed by atoms with Gasteiger partial charge in [-0.2, -0.15) is 0 Å². The summed E-state index contributed by atoms with van der Waals surface area (Å²) in [7, 11) is 0. The Balaban J connectivity index is 2.06. The highest BCUT2D eigenvalue weighted by atomic mass is 19.1. The molecule has 0 bridgehead atoms. The largest absolute Gasteiger partial charge is 0.310 e. The zero-order valence-corrected chi connectivity index (χ0v) is 11.6. The molecule has 0 spiro atoms. The molecule has 0 radical (unpaired) electrons. The van der Waals surface area contributed by atoms with Gasteiger partial charge < -0.3 is 5.32 Å².